The molecular weight excluding hydrogens is 374 g/mol. The van der Waals surface area contributed by atoms with Gasteiger partial charge in [-0.2, -0.15) is 5.10 Å². The maximum atomic E-state index is 12.5. The largest absolute Gasteiger partial charge is 0.324 e. The summed E-state index contributed by atoms with van der Waals surface area (Å²) in [5, 5.41) is 7.30. The fourth-order valence-corrected chi connectivity index (χ4v) is 3.41. The van der Waals surface area contributed by atoms with Crippen molar-refractivity contribution < 1.29 is 4.79 Å². The third kappa shape index (κ3) is 5.23. The van der Waals surface area contributed by atoms with E-state index in [4.69, 9.17) is 0 Å². The highest BCUT2D eigenvalue weighted by atomic mass is 16.2. The first-order valence-electron chi connectivity index (χ1n) is 10.4. The van der Waals surface area contributed by atoms with E-state index in [1.165, 1.54) is 21.9 Å². The van der Waals surface area contributed by atoms with Crippen LogP contribution in [-0.2, 0) is 17.8 Å². The molecule has 1 N–H and O–H groups in total. The number of anilines is 1. The average Bonchev–Trinajstić information content (AvgIpc) is 2.72. The van der Waals surface area contributed by atoms with E-state index in [1.807, 2.05) is 31.2 Å². The molecule has 30 heavy (non-hydrogen) atoms. The molecule has 0 bridgehead atoms. The number of nitrogens with zero attached hydrogens (tertiary/aromatic N) is 2. The molecule has 0 atom stereocenters. The highest BCUT2D eigenvalue weighted by molar-refractivity contribution is 5.90. The molecule has 0 radical (unpaired) electrons. The zero-order valence-corrected chi connectivity index (χ0v) is 18.2. The van der Waals surface area contributed by atoms with Gasteiger partial charge in [0.1, 0.15) is 6.54 Å². The molecule has 3 rings (SSSR count). The quantitative estimate of drug-likeness (QED) is 0.615. The van der Waals surface area contributed by atoms with E-state index in [0.717, 1.165) is 41.6 Å². The number of aromatic nitrogens is 2. The van der Waals surface area contributed by atoms with Crippen molar-refractivity contribution in [3.63, 3.8) is 0 Å². The first kappa shape index (κ1) is 21.5. The molecule has 0 fully saturated rings. The zero-order valence-electron chi connectivity index (χ0n) is 18.2. The Kier molecular flexibility index (Phi) is 6.83. The fraction of sp³-hybridized carbons (Fsp3) is 0.320. The lowest BCUT2D eigenvalue weighted by molar-refractivity contribution is -0.117. The number of hydrogen-bond donors (Lipinski definition) is 1. The second kappa shape index (κ2) is 9.53. The Morgan fingerprint density at radius 3 is 2.37 bits per heavy atom. The van der Waals surface area contributed by atoms with Crippen LogP contribution in [0.4, 0.5) is 5.69 Å². The number of carbonyl (C=O) groups is 1. The molecule has 3 aromatic rings. The van der Waals surface area contributed by atoms with E-state index in [1.54, 1.807) is 6.07 Å². The number of rotatable bonds is 7. The van der Waals surface area contributed by atoms with Crippen LogP contribution in [0.5, 0.6) is 0 Å². The van der Waals surface area contributed by atoms with Gasteiger partial charge in [0.15, 0.2) is 0 Å². The number of hydrogen-bond acceptors (Lipinski definition) is 3. The van der Waals surface area contributed by atoms with Crippen molar-refractivity contribution in [1.29, 1.82) is 0 Å². The number of carbonyl (C=O) groups excluding carboxylic acids is 1. The molecule has 0 aliphatic carbocycles. The number of unbranched alkanes of at least 4 members (excludes halogenated alkanes) is 1. The second-order valence-corrected chi connectivity index (χ2v) is 7.81. The molecule has 1 amide bonds. The van der Waals surface area contributed by atoms with Crippen LogP contribution in [-0.4, -0.2) is 15.7 Å². The lowest BCUT2D eigenvalue weighted by Gasteiger charge is -2.12. The van der Waals surface area contributed by atoms with Gasteiger partial charge in [0.2, 0.25) is 5.91 Å². The molecule has 5 nitrogen and oxygen atoms in total. The highest BCUT2D eigenvalue weighted by Crippen LogP contribution is 2.24. The van der Waals surface area contributed by atoms with E-state index in [9.17, 15) is 9.59 Å². The summed E-state index contributed by atoms with van der Waals surface area (Å²) in [4.78, 5) is 24.8. The Labute approximate surface area is 177 Å². The summed E-state index contributed by atoms with van der Waals surface area (Å²) in [6, 6.07) is 15.2. The molecule has 1 heterocycles. The Hall–Kier alpha value is -3.21. The van der Waals surface area contributed by atoms with Crippen molar-refractivity contribution in [2.24, 2.45) is 0 Å². The van der Waals surface area contributed by atoms with Crippen LogP contribution in [0, 0.1) is 20.8 Å². The average molecular weight is 404 g/mol. The summed E-state index contributed by atoms with van der Waals surface area (Å²) in [7, 11) is 0. The van der Waals surface area contributed by atoms with Crippen LogP contribution in [0.25, 0.3) is 11.3 Å². The van der Waals surface area contributed by atoms with Gasteiger partial charge in [-0.15, -0.1) is 0 Å². The Balaban J connectivity index is 1.75. The second-order valence-electron chi connectivity index (χ2n) is 7.81. The van der Waals surface area contributed by atoms with Gasteiger partial charge < -0.3 is 5.32 Å². The van der Waals surface area contributed by atoms with Gasteiger partial charge in [0, 0.05) is 17.3 Å². The normalized spacial score (nSPS) is 10.8. The van der Waals surface area contributed by atoms with Crippen LogP contribution in [0.15, 0.2) is 53.3 Å². The first-order valence-corrected chi connectivity index (χ1v) is 10.4. The van der Waals surface area contributed by atoms with Gasteiger partial charge in [-0.25, -0.2) is 4.68 Å². The molecule has 0 spiro atoms. The van der Waals surface area contributed by atoms with Gasteiger partial charge in [-0.1, -0.05) is 31.5 Å². The number of aryl methyl sites for hydroxylation is 4. The first-order chi connectivity index (χ1) is 14.4. The molecule has 0 saturated carbocycles. The van der Waals surface area contributed by atoms with Crippen molar-refractivity contribution in [2.75, 3.05) is 5.32 Å². The topological polar surface area (TPSA) is 64.0 Å². The summed E-state index contributed by atoms with van der Waals surface area (Å²) in [5.41, 5.74) is 6.78. The van der Waals surface area contributed by atoms with Crippen LogP contribution in [0.3, 0.4) is 0 Å². The standard InChI is InChI=1S/C25H29N3O2/c1-5-6-7-20-8-10-21(11-9-20)26-24(29)16-28-25(30)13-12-23(27-28)22-15-18(3)17(2)14-19(22)4/h8-15H,5-7,16H2,1-4H3,(H,26,29). The predicted molar refractivity (Wildman–Crippen MR) is 122 cm³/mol. The number of benzene rings is 2. The number of amides is 1. The van der Waals surface area contributed by atoms with Crippen molar-refractivity contribution >= 4 is 11.6 Å². The van der Waals surface area contributed by atoms with Crippen molar-refractivity contribution in [3.05, 3.63) is 81.1 Å². The van der Waals surface area contributed by atoms with Crippen molar-refractivity contribution in [2.45, 2.75) is 53.5 Å². The van der Waals surface area contributed by atoms with Crippen LogP contribution in [0.1, 0.15) is 42.0 Å². The van der Waals surface area contributed by atoms with Crippen LogP contribution >= 0.6 is 0 Å². The summed E-state index contributed by atoms with van der Waals surface area (Å²) in [6.07, 6.45) is 3.34. The van der Waals surface area contributed by atoms with Crippen molar-refractivity contribution in [3.8, 4) is 11.3 Å². The maximum Gasteiger partial charge on any atom is 0.267 e. The van der Waals surface area contributed by atoms with Gasteiger partial charge in [0.05, 0.1) is 5.69 Å². The summed E-state index contributed by atoms with van der Waals surface area (Å²) >= 11 is 0. The molecule has 0 saturated heterocycles. The fourth-order valence-electron chi connectivity index (χ4n) is 3.41. The minimum atomic E-state index is -0.301. The maximum absolute atomic E-state index is 12.5. The smallest absolute Gasteiger partial charge is 0.267 e. The summed E-state index contributed by atoms with van der Waals surface area (Å²) < 4.78 is 1.22. The molecule has 0 unspecified atom stereocenters. The van der Waals surface area contributed by atoms with Crippen LogP contribution in [0.2, 0.25) is 0 Å². The minimum Gasteiger partial charge on any atom is -0.324 e. The molecule has 1 aromatic heterocycles. The Morgan fingerprint density at radius 1 is 0.967 bits per heavy atom. The van der Waals surface area contributed by atoms with Crippen LogP contribution < -0.4 is 10.9 Å². The number of nitrogens with one attached hydrogen (secondary N) is 1. The van der Waals surface area contributed by atoms with Gasteiger partial charge in [0.25, 0.3) is 5.56 Å². The molecule has 5 heteroatoms. The monoisotopic (exact) mass is 403 g/mol. The molecule has 0 aliphatic heterocycles. The van der Waals surface area contributed by atoms with E-state index in [0.29, 0.717) is 5.69 Å². The van der Waals surface area contributed by atoms with Gasteiger partial charge in [-0.3, -0.25) is 9.59 Å². The third-order valence-electron chi connectivity index (χ3n) is 5.33. The van der Waals surface area contributed by atoms with E-state index in [2.05, 4.69) is 43.3 Å². The van der Waals surface area contributed by atoms with E-state index < -0.39 is 0 Å². The minimum absolute atomic E-state index is 0.131. The third-order valence-corrected chi connectivity index (χ3v) is 5.33. The predicted octanol–water partition coefficient (Wildman–Crippen LogP) is 4.82. The van der Waals surface area contributed by atoms with Gasteiger partial charge >= 0.3 is 0 Å². The zero-order chi connectivity index (χ0) is 21.7. The SMILES string of the molecule is CCCCc1ccc(NC(=O)Cn2nc(-c3cc(C)c(C)cc3C)ccc2=O)cc1. The lowest BCUT2D eigenvalue weighted by atomic mass is 9.99. The molecule has 2 aromatic carbocycles. The van der Waals surface area contributed by atoms with Crippen molar-refractivity contribution in [1.82, 2.24) is 9.78 Å². The Bertz CT molecular complexity index is 1100. The molecule has 0 aliphatic rings. The Morgan fingerprint density at radius 2 is 1.67 bits per heavy atom. The molecular formula is C25H29N3O2. The van der Waals surface area contributed by atoms with Gasteiger partial charge in [-0.05, 0) is 80.1 Å². The van der Waals surface area contributed by atoms with E-state index >= 15 is 0 Å². The summed E-state index contributed by atoms with van der Waals surface area (Å²) in [6.45, 7) is 8.18. The van der Waals surface area contributed by atoms with E-state index in [-0.39, 0.29) is 18.0 Å². The summed E-state index contributed by atoms with van der Waals surface area (Å²) in [5.74, 6) is -0.278. The lowest BCUT2D eigenvalue weighted by Crippen LogP contribution is -2.29. The highest BCUT2D eigenvalue weighted by Gasteiger charge is 2.11. The molecule has 156 valence electrons.